The fourth-order valence-corrected chi connectivity index (χ4v) is 4.60. The molecule has 4 aromatic rings. The van der Waals surface area contributed by atoms with Crippen LogP contribution in [0.25, 0.3) is 16.7 Å². The Morgan fingerprint density at radius 3 is 2.14 bits per heavy atom. The predicted molar refractivity (Wildman–Crippen MR) is 113 cm³/mol. The van der Waals surface area contributed by atoms with Crippen LogP contribution in [0.15, 0.2) is 59.5 Å². The van der Waals surface area contributed by atoms with Gasteiger partial charge in [-0.15, -0.1) is 15.0 Å². The van der Waals surface area contributed by atoms with E-state index >= 15 is 0 Å². The molecule has 6 nitrogen and oxygen atoms in total. The SMILES string of the molecule is Cc1ccc(OS(=O)(=O)c2cc(Cl)c(Cl)cc2Cl)c(-n2nc3ccccc3n2)c1. The Hall–Kier alpha value is -2.32. The zero-order chi connectivity index (χ0) is 20.8. The van der Waals surface area contributed by atoms with Gasteiger partial charge in [-0.05, 0) is 48.9 Å². The number of aromatic nitrogens is 3. The Bertz CT molecular complexity index is 1320. The number of rotatable bonds is 4. The lowest BCUT2D eigenvalue weighted by molar-refractivity contribution is 0.482. The van der Waals surface area contributed by atoms with Gasteiger partial charge in [0.25, 0.3) is 0 Å². The summed E-state index contributed by atoms with van der Waals surface area (Å²) in [5, 5.41) is 8.87. The van der Waals surface area contributed by atoms with Crippen LogP contribution in [0.2, 0.25) is 15.1 Å². The van der Waals surface area contributed by atoms with E-state index in [0.717, 1.165) is 11.6 Å². The first-order chi connectivity index (χ1) is 13.7. The van der Waals surface area contributed by atoms with Gasteiger partial charge in [-0.2, -0.15) is 8.42 Å². The third-order valence-electron chi connectivity index (χ3n) is 4.06. The summed E-state index contributed by atoms with van der Waals surface area (Å²) in [4.78, 5) is 1.04. The van der Waals surface area contributed by atoms with Gasteiger partial charge in [-0.1, -0.05) is 53.0 Å². The quantitative estimate of drug-likeness (QED) is 0.294. The van der Waals surface area contributed by atoms with Crippen molar-refractivity contribution in [1.82, 2.24) is 15.0 Å². The number of nitrogens with zero attached hydrogens (tertiary/aromatic N) is 3. The van der Waals surface area contributed by atoms with E-state index in [1.807, 2.05) is 19.1 Å². The Balaban J connectivity index is 1.81. The van der Waals surface area contributed by atoms with Crippen LogP contribution < -0.4 is 4.18 Å². The Labute approximate surface area is 181 Å². The summed E-state index contributed by atoms with van der Waals surface area (Å²) in [6.07, 6.45) is 0. The van der Waals surface area contributed by atoms with Gasteiger partial charge < -0.3 is 4.18 Å². The lowest BCUT2D eigenvalue weighted by Crippen LogP contribution is -2.13. The molecule has 0 aliphatic heterocycles. The largest absolute Gasteiger partial charge is 0.377 e. The molecule has 0 amide bonds. The summed E-state index contributed by atoms with van der Waals surface area (Å²) < 4.78 is 31.1. The molecular weight excluding hydrogens is 457 g/mol. The summed E-state index contributed by atoms with van der Waals surface area (Å²) in [7, 11) is -4.30. The van der Waals surface area contributed by atoms with E-state index in [-0.39, 0.29) is 25.7 Å². The van der Waals surface area contributed by atoms with Crippen molar-refractivity contribution in [3.63, 3.8) is 0 Å². The molecular formula is C19H12Cl3N3O3S. The topological polar surface area (TPSA) is 74.1 Å². The normalized spacial score (nSPS) is 11.7. The van der Waals surface area contributed by atoms with E-state index in [9.17, 15) is 8.42 Å². The standard InChI is InChI=1S/C19H12Cl3N3O3S/c1-11-6-7-18(17(8-11)25-23-15-4-2-3-5-16(15)24-25)28-29(26,27)19-10-13(21)12(20)9-14(19)22/h2-10H,1H3. The first-order valence-electron chi connectivity index (χ1n) is 8.27. The van der Waals surface area contributed by atoms with Crippen molar-refractivity contribution in [2.45, 2.75) is 11.8 Å². The molecule has 3 aromatic carbocycles. The van der Waals surface area contributed by atoms with Crippen LogP contribution in [0.5, 0.6) is 5.75 Å². The molecule has 0 saturated carbocycles. The highest BCUT2D eigenvalue weighted by molar-refractivity contribution is 7.87. The molecule has 0 N–H and O–H groups in total. The van der Waals surface area contributed by atoms with Crippen LogP contribution in [0.3, 0.4) is 0 Å². The van der Waals surface area contributed by atoms with Crippen LogP contribution in [0, 0.1) is 6.92 Å². The van der Waals surface area contributed by atoms with Crippen molar-refractivity contribution in [2.75, 3.05) is 0 Å². The van der Waals surface area contributed by atoms with Gasteiger partial charge in [-0.3, -0.25) is 0 Å². The molecule has 0 atom stereocenters. The molecule has 0 fully saturated rings. The molecule has 0 unspecified atom stereocenters. The highest BCUT2D eigenvalue weighted by Crippen LogP contribution is 2.34. The fraction of sp³-hybridized carbons (Fsp3) is 0.0526. The number of hydrogen-bond donors (Lipinski definition) is 0. The van der Waals surface area contributed by atoms with Gasteiger partial charge in [-0.25, -0.2) is 0 Å². The Morgan fingerprint density at radius 1 is 0.862 bits per heavy atom. The highest BCUT2D eigenvalue weighted by Gasteiger charge is 2.24. The molecule has 1 aromatic heterocycles. The van der Waals surface area contributed by atoms with E-state index in [0.29, 0.717) is 16.7 Å². The molecule has 0 aliphatic rings. The van der Waals surface area contributed by atoms with Crippen molar-refractivity contribution in [1.29, 1.82) is 0 Å². The van der Waals surface area contributed by atoms with Gasteiger partial charge in [0.1, 0.15) is 21.6 Å². The van der Waals surface area contributed by atoms with Crippen molar-refractivity contribution < 1.29 is 12.6 Å². The molecule has 0 aliphatic carbocycles. The number of hydrogen-bond acceptors (Lipinski definition) is 5. The molecule has 0 bridgehead atoms. The zero-order valence-corrected chi connectivity index (χ0v) is 17.9. The van der Waals surface area contributed by atoms with Gasteiger partial charge in [0.05, 0.1) is 15.1 Å². The van der Waals surface area contributed by atoms with Crippen LogP contribution in [-0.2, 0) is 10.1 Å². The van der Waals surface area contributed by atoms with E-state index in [1.54, 1.807) is 24.3 Å². The minimum Gasteiger partial charge on any atom is -0.377 e. The molecule has 1 heterocycles. The maximum atomic E-state index is 12.9. The van der Waals surface area contributed by atoms with E-state index < -0.39 is 10.1 Å². The summed E-state index contributed by atoms with van der Waals surface area (Å²) in [6, 6.07) is 14.7. The van der Waals surface area contributed by atoms with Crippen LogP contribution in [-0.4, -0.2) is 23.4 Å². The van der Waals surface area contributed by atoms with E-state index in [2.05, 4.69) is 10.2 Å². The first kappa shape index (κ1) is 20.0. The number of benzene rings is 3. The fourth-order valence-electron chi connectivity index (χ4n) is 2.68. The van der Waals surface area contributed by atoms with Gasteiger partial charge in [0.2, 0.25) is 0 Å². The third-order valence-corrected chi connectivity index (χ3v) is 6.48. The minimum atomic E-state index is -4.30. The summed E-state index contributed by atoms with van der Waals surface area (Å²) in [5.74, 6) is 0.0399. The second-order valence-electron chi connectivity index (χ2n) is 6.18. The van der Waals surface area contributed by atoms with E-state index in [4.69, 9.17) is 39.0 Å². The maximum absolute atomic E-state index is 12.9. The molecule has 148 valence electrons. The van der Waals surface area contributed by atoms with Crippen LogP contribution >= 0.6 is 34.8 Å². The Kier molecular flexibility index (Phi) is 5.16. The smallest absolute Gasteiger partial charge is 0.340 e. The van der Waals surface area contributed by atoms with Crippen LogP contribution in [0.1, 0.15) is 5.56 Å². The average Bonchev–Trinajstić information content (AvgIpc) is 3.10. The lowest BCUT2D eigenvalue weighted by atomic mass is 10.2. The van der Waals surface area contributed by atoms with Crippen molar-refractivity contribution in [3.05, 3.63) is 75.2 Å². The molecule has 10 heteroatoms. The lowest BCUT2D eigenvalue weighted by Gasteiger charge is -2.13. The minimum absolute atomic E-state index is 0.0399. The molecule has 0 saturated heterocycles. The predicted octanol–water partition coefficient (Wildman–Crippen LogP) is 5.46. The van der Waals surface area contributed by atoms with E-state index in [1.165, 1.54) is 16.9 Å². The third kappa shape index (κ3) is 3.91. The summed E-state index contributed by atoms with van der Waals surface area (Å²) in [5.41, 5.74) is 2.56. The summed E-state index contributed by atoms with van der Waals surface area (Å²) in [6.45, 7) is 1.86. The zero-order valence-electron chi connectivity index (χ0n) is 14.8. The first-order valence-corrected chi connectivity index (χ1v) is 10.8. The summed E-state index contributed by atoms with van der Waals surface area (Å²) >= 11 is 17.9. The van der Waals surface area contributed by atoms with Crippen molar-refractivity contribution >= 4 is 56.0 Å². The van der Waals surface area contributed by atoms with Gasteiger partial charge >= 0.3 is 10.1 Å². The number of aryl methyl sites for hydroxylation is 1. The molecule has 0 spiro atoms. The molecule has 29 heavy (non-hydrogen) atoms. The second kappa shape index (κ2) is 7.50. The number of fused-ring (bicyclic) bond motifs is 1. The van der Waals surface area contributed by atoms with Crippen molar-refractivity contribution in [3.8, 4) is 11.4 Å². The van der Waals surface area contributed by atoms with Gasteiger partial charge in [0, 0.05) is 0 Å². The van der Waals surface area contributed by atoms with Crippen LogP contribution in [0.4, 0.5) is 0 Å². The molecule has 0 radical (unpaired) electrons. The maximum Gasteiger partial charge on any atom is 0.340 e. The van der Waals surface area contributed by atoms with Crippen molar-refractivity contribution in [2.24, 2.45) is 0 Å². The average molecular weight is 469 g/mol. The Morgan fingerprint density at radius 2 is 1.48 bits per heavy atom. The van der Waals surface area contributed by atoms with Gasteiger partial charge in [0.15, 0.2) is 5.75 Å². The molecule has 4 rings (SSSR count). The highest BCUT2D eigenvalue weighted by atomic mass is 35.5. The monoisotopic (exact) mass is 467 g/mol. The number of halogens is 3. The second-order valence-corrected chi connectivity index (χ2v) is 8.92.